The lowest BCUT2D eigenvalue weighted by molar-refractivity contribution is 0.103. The molecule has 4 nitrogen and oxygen atoms in total. The second kappa shape index (κ2) is 5.76. The molecule has 116 valence electrons. The molecule has 0 fully saturated rings. The molecule has 4 rings (SSSR count). The summed E-state index contributed by atoms with van der Waals surface area (Å²) in [6.07, 6.45) is 7.52. The Hall–Kier alpha value is -1.24. The number of thiophene rings is 1. The first-order valence-corrected chi connectivity index (χ1v) is 9.49. The standard InChI is InChI=1S/C16H19N3OS2/c17-10-5-6-11-13(8-10)22-16(18-11)19-15(20)14-7-9-3-1-2-4-12(9)21-14/h7,10H,1-6,8,17H2,(H,18,19,20)/t10-/m0/s1. The lowest BCUT2D eigenvalue weighted by atomic mass is 9.99. The number of anilines is 1. The number of nitrogens with zero attached hydrogens (tertiary/aromatic N) is 1. The number of fused-ring (bicyclic) bond motifs is 2. The summed E-state index contributed by atoms with van der Waals surface area (Å²) in [5.41, 5.74) is 8.48. The van der Waals surface area contributed by atoms with Crippen molar-refractivity contribution in [3.8, 4) is 0 Å². The van der Waals surface area contributed by atoms with Gasteiger partial charge in [0.1, 0.15) is 0 Å². The summed E-state index contributed by atoms with van der Waals surface area (Å²) in [7, 11) is 0. The Morgan fingerprint density at radius 3 is 2.95 bits per heavy atom. The van der Waals surface area contributed by atoms with Crippen LogP contribution in [0.15, 0.2) is 6.07 Å². The lowest BCUT2D eigenvalue weighted by Crippen LogP contribution is -2.26. The molecule has 0 saturated carbocycles. The van der Waals surface area contributed by atoms with Crippen LogP contribution in [0.5, 0.6) is 0 Å². The summed E-state index contributed by atoms with van der Waals surface area (Å²) in [6, 6.07) is 2.30. The van der Waals surface area contributed by atoms with Crippen molar-refractivity contribution in [1.29, 1.82) is 0 Å². The van der Waals surface area contributed by atoms with E-state index in [1.54, 1.807) is 22.7 Å². The number of rotatable bonds is 2. The van der Waals surface area contributed by atoms with Gasteiger partial charge in [0.25, 0.3) is 5.91 Å². The third kappa shape index (κ3) is 2.71. The summed E-state index contributed by atoms with van der Waals surface area (Å²) in [5, 5.41) is 3.70. The summed E-state index contributed by atoms with van der Waals surface area (Å²) in [6.45, 7) is 0. The summed E-state index contributed by atoms with van der Waals surface area (Å²) >= 11 is 3.22. The van der Waals surface area contributed by atoms with E-state index in [0.29, 0.717) is 0 Å². The van der Waals surface area contributed by atoms with E-state index in [0.717, 1.165) is 47.8 Å². The van der Waals surface area contributed by atoms with Crippen molar-refractivity contribution in [3.63, 3.8) is 0 Å². The number of aryl methyl sites for hydroxylation is 3. The quantitative estimate of drug-likeness (QED) is 0.887. The van der Waals surface area contributed by atoms with Gasteiger partial charge < -0.3 is 5.73 Å². The maximum atomic E-state index is 12.5. The molecule has 0 bridgehead atoms. The number of thiazole rings is 1. The molecule has 2 aromatic heterocycles. The van der Waals surface area contributed by atoms with Crippen LogP contribution in [0.2, 0.25) is 0 Å². The van der Waals surface area contributed by atoms with Gasteiger partial charge in [-0.25, -0.2) is 4.98 Å². The van der Waals surface area contributed by atoms with Crippen LogP contribution < -0.4 is 11.1 Å². The van der Waals surface area contributed by atoms with E-state index in [1.165, 1.54) is 28.2 Å². The third-order valence-electron chi connectivity index (χ3n) is 4.42. The summed E-state index contributed by atoms with van der Waals surface area (Å²) < 4.78 is 0. The van der Waals surface area contributed by atoms with Gasteiger partial charge in [0.15, 0.2) is 5.13 Å². The van der Waals surface area contributed by atoms with Gasteiger partial charge in [0.05, 0.1) is 10.6 Å². The minimum absolute atomic E-state index is 0.0187. The Morgan fingerprint density at radius 2 is 2.09 bits per heavy atom. The smallest absolute Gasteiger partial charge is 0.267 e. The Balaban J connectivity index is 1.51. The Labute approximate surface area is 137 Å². The Bertz CT molecular complexity index is 696. The highest BCUT2D eigenvalue weighted by Crippen LogP contribution is 2.32. The van der Waals surface area contributed by atoms with Crippen LogP contribution in [0.1, 0.15) is 49.9 Å². The van der Waals surface area contributed by atoms with Gasteiger partial charge in [-0.05, 0) is 56.6 Å². The zero-order valence-electron chi connectivity index (χ0n) is 12.4. The number of hydrogen-bond donors (Lipinski definition) is 2. The van der Waals surface area contributed by atoms with E-state index in [1.807, 2.05) is 0 Å². The largest absolute Gasteiger partial charge is 0.327 e. The van der Waals surface area contributed by atoms with Crippen molar-refractivity contribution < 1.29 is 4.79 Å². The molecule has 22 heavy (non-hydrogen) atoms. The molecule has 0 spiro atoms. The first-order chi connectivity index (χ1) is 10.7. The number of amides is 1. The van der Waals surface area contributed by atoms with Crippen LogP contribution in [0.4, 0.5) is 5.13 Å². The van der Waals surface area contributed by atoms with Gasteiger partial charge in [0, 0.05) is 15.8 Å². The van der Waals surface area contributed by atoms with Gasteiger partial charge >= 0.3 is 0 Å². The van der Waals surface area contributed by atoms with Crippen molar-refractivity contribution >= 4 is 33.7 Å². The average molecular weight is 333 g/mol. The number of carbonyl (C=O) groups excluding carboxylic acids is 1. The zero-order chi connectivity index (χ0) is 15.1. The Morgan fingerprint density at radius 1 is 1.23 bits per heavy atom. The van der Waals surface area contributed by atoms with Crippen LogP contribution in [-0.4, -0.2) is 16.9 Å². The van der Waals surface area contributed by atoms with Crippen LogP contribution in [0, 0.1) is 0 Å². The highest BCUT2D eigenvalue weighted by molar-refractivity contribution is 7.16. The van der Waals surface area contributed by atoms with E-state index in [9.17, 15) is 4.79 Å². The maximum absolute atomic E-state index is 12.5. The van der Waals surface area contributed by atoms with Gasteiger partial charge in [-0.15, -0.1) is 22.7 Å². The van der Waals surface area contributed by atoms with Crippen molar-refractivity contribution in [1.82, 2.24) is 4.98 Å². The van der Waals surface area contributed by atoms with E-state index in [2.05, 4.69) is 16.4 Å². The fourth-order valence-electron chi connectivity index (χ4n) is 3.22. The fourth-order valence-corrected chi connectivity index (χ4v) is 5.46. The molecule has 0 radical (unpaired) electrons. The van der Waals surface area contributed by atoms with Gasteiger partial charge in [-0.1, -0.05) is 0 Å². The van der Waals surface area contributed by atoms with Crippen LogP contribution in [-0.2, 0) is 25.7 Å². The van der Waals surface area contributed by atoms with Crippen molar-refractivity contribution in [2.45, 2.75) is 51.0 Å². The molecule has 2 aliphatic carbocycles. The molecule has 6 heteroatoms. The zero-order valence-corrected chi connectivity index (χ0v) is 14.0. The second-order valence-corrected chi connectivity index (χ2v) is 8.33. The van der Waals surface area contributed by atoms with Crippen LogP contribution in [0.25, 0.3) is 0 Å². The number of hydrogen-bond acceptors (Lipinski definition) is 5. The molecule has 0 aliphatic heterocycles. The third-order valence-corrected chi connectivity index (χ3v) is 6.69. The lowest BCUT2D eigenvalue weighted by Gasteiger charge is -2.15. The predicted octanol–water partition coefficient (Wildman–Crippen LogP) is 3.15. The highest BCUT2D eigenvalue weighted by Gasteiger charge is 2.22. The molecule has 2 heterocycles. The first kappa shape index (κ1) is 14.4. The second-order valence-electron chi connectivity index (χ2n) is 6.11. The van der Waals surface area contributed by atoms with Crippen LogP contribution in [0.3, 0.4) is 0 Å². The molecule has 0 unspecified atom stereocenters. The molecule has 0 saturated heterocycles. The van der Waals surface area contributed by atoms with Crippen LogP contribution >= 0.6 is 22.7 Å². The number of aromatic nitrogens is 1. The van der Waals surface area contributed by atoms with E-state index in [4.69, 9.17) is 5.73 Å². The molecular weight excluding hydrogens is 314 g/mol. The minimum atomic E-state index is -0.0187. The highest BCUT2D eigenvalue weighted by atomic mass is 32.1. The molecule has 0 aromatic carbocycles. The maximum Gasteiger partial charge on any atom is 0.267 e. The number of carbonyl (C=O) groups is 1. The summed E-state index contributed by atoms with van der Waals surface area (Å²) in [5.74, 6) is -0.0187. The molecule has 2 aliphatic rings. The molecule has 2 aromatic rings. The SMILES string of the molecule is N[C@H]1CCc2nc(NC(=O)c3cc4c(s3)CCCC4)sc2C1. The van der Waals surface area contributed by atoms with E-state index >= 15 is 0 Å². The monoisotopic (exact) mass is 333 g/mol. The predicted molar refractivity (Wildman–Crippen MR) is 91.0 cm³/mol. The van der Waals surface area contributed by atoms with Crippen molar-refractivity contribution in [2.75, 3.05) is 5.32 Å². The minimum Gasteiger partial charge on any atom is -0.327 e. The fraction of sp³-hybridized carbons (Fsp3) is 0.500. The topological polar surface area (TPSA) is 68.0 Å². The van der Waals surface area contributed by atoms with Gasteiger partial charge in [0.2, 0.25) is 0 Å². The average Bonchev–Trinajstić information content (AvgIpc) is 3.09. The number of nitrogens with one attached hydrogen (secondary N) is 1. The molecule has 1 atom stereocenters. The van der Waals surface area contributed by atoms with E-state index < -0.39 is 0 Å². The van der Waals surface area contributed by atoms with Gasteiger partial charge in [-0.3, -0.25) is 10.1 Å². The molecular formula is C16H19N3OS2. The van der Waals surface area contributed by atoms with Crippen molar-refractivity contribution in [2.24, 2.45) is 5.73 Å². The molecule has 3 N–H and O–H groups in total. The molecule has 1 amide bonds. The van der Waals surface area contributed by atoms with Gasteiger partial charge in [-0.2, -0.15) is 0 Å². The Kier molecular flexibility index (Phi) is 3.76. The normalized spacial score (nSPS) is 20.3. The van der Waals surface area contributed by atoms with E-state index in [-0.39, 0.29) is 11.9 Å². The number of nitrogens with two attached hydrogens (primary N) is 1. The summed E-state index contributed by atoms with van der Waals surface area (Å²) in [4.78, 5) is 20.5. The van der Waals surface area contributed by atoms with Crippen molar-refractivity contribution in [3.05, 3.63) is 32.0 Å². The first-order valence-electron chi connectivity index (χ1n) is 7.86.